The Labute approximate surface area is 150 Å². The molecule has 0 saturated carbocycles. The minimum atomic E-state index is -2.93. The van der Waals surface area contributed by atoms with Crippen molar-refractivity contribution in [2.45, 2.75) is 13.2 Å². The highest BCUT2D eigenvalue weighted by atomic mass is 19.3. The van der Waals surface area contributed by atoms with Crippen molar-refractivity contribution in [1.82, 2.24) is 20.2 Å². The van der Waals surface area contributed by atoms with Gasteiger partial charge in [0.15, 0.2) is 5.82 Å². The molecule has 3 aromatic rings. The molecule has 0 bridgehead atoms. The molecular formula is C16H12F3N5O3. The first kappa shape index (κ1) is 18.2. The number of primary amides is 1. The molecule has 0 aliphatic rings. The summed E-state index contributed by atoms with van der Waals surface area (Å²) in [4.78, 5) is 11.4. The Hall–Kier alpha value is -3.63. The van der Waals surface area contributed by atoms with E-state index >= 15 is 0 Å². The van der Waals surface area contributed by atoms with Gasteiger partial charge in [-0.25, -0.2) is 4.39 Å². The van der Waals surface area contributed by atoms with Gasteiger partial charge >= 0.3 is 6.61 Å². The quantitative estimate of drug-likeness (QED) is 0.674. The Morgan fingerprint density at radius 3 is 2.59 bits per heavy atom. The highest BCUT2D eigenvalue weighted by molar-refractivity contribution is 5.95. The molecule has 1 heterocycles. The van der Waals surface area contributed by atoms with E-state index in [0.717, 1.165) is 6.07 Å². The summed E-state index contributed by atoms with van der Waals surface area (Å²) in [6.07, 6.45) is 0. The Morgan fingerprint density at radius 2 is 1.93 bits per heavy atom. The van der Waals surface area contributed by atoms with Gasteiger partial charge in [0, 0.05) is 0 Å². The van der Waals surface area contributed by atoms with E-state index in [1.165, 1.54) is 41.1 Å². The van der Waals surface area contributed by atoms with Crippen LogP contribution in [0.3, 0.4) is 0 Å². The highest BCUT2D eigenvalue weighted by Gasteiger charge is 2.17. The van der Waals surface area contributed by atoms with Gasteiger partial charge in [-0.05, 0) is 46.8 Å². The van der Waals surface area contributed by atoms with Crippen LogP contribution < -0.4 is 15.2 Å². The third kappa shape index (κ3) is 4.14. The molecule has 2 aromatic carbocycles. The molecule has 0 atom stereocenters. The molecule has 1 amide bonds. The maximum absolute atomic E-state index is 13.7. The number of carbonyl (C=O) groups excluding carboxylic acids is 1. The van der Waals surface area contributed by atoms with E-state index in [1.807, 2.05) is 0 Å². The lowest BCUT2D eigenvalue weighted by Crippen LogP contribution is -2.16. The van der Waals surface area contributed by atoms with Crippen LogP contribution in [-0.2, 0) is 6.61 Å². The number of halogens is 3. The summed E-state index contributed by atoms with van der Waals surface area (Å²) in [5, 5.41) is 11.1. The number of nitrogens with two attached hydrogens (primary N) is 1. The topological polar surface area (TPSA) is 105 Å². The fraction of sp³-hybridized carbons (Fsp3) is 0.125. The Bertz CT molecular complexity index is 947. The van der Waals surface area contributed by atoms with Crippen molar-refractivity contribution < 1.29 is 27.4 Å². The molecule has 0 fully saturated rings. The molecule has 0 spiro atoms. The SMILES string of the molecule is NC(=O)c1c(F)cccc1OCc1nnnn1-c1ccc(OC(F)F)cc1. The molecular weight excluding hydrogens is 367 g/mol. The molecule has 11 heteroatoms. The zero-order chi connectivity index (χ0) is 19.4. The van der Waals surface area contributed by atoms with Crippen LogP contribution in [0.4, 0.5) is 13.2 Å². The van der Waals surface area contributed by atoms with Gasteiger partial charge in [-0.3, -0.25) is 4.79 Å². The first-order chi connectivity index (χ1) is 13.0. The number of hydrogen-bond acceptors (Lipinski definition) is 6. The molecule has 8 nitrogen and oxygen atoms in total. The minimum absolute atomic E-state index is 0.0227. The first-order valence-electron chi connectivity index (χ1n) is 7.49. The minimum Gasteiger partial charge on any atom is -0.485 e. The lowest BCUT2D eigenvalue weighted by atomic mass is 10.2. The van der Waals surface area contributed by atoms with Crippen molar-refractivity contribution in [2.75, 3.05) is 0 Å². The van der Waals surface area contributed by atoms with Crippen LogP contribution in [0.2, 0.25) is 0 Å². The number of ether oxygens (including phenoxy) is 2. The molecule has 140 valence electrons. The summed E-state index contributed by atoms with van der Waals surface area (Å²) in [6, 6.07) is 9.41. The van der Waals surface area contributed by atoms with E-state index in [4.69, 9.17) is 10.5 Å². The van der Waals surface area contributed by atoms with Crippen LogP contribution in [0.1, 0.15) is 16.2 Å². The van der Waals surface area contributed by atoms with Gasteiger partial charge in [-0.15, -0.1) is 5.10 Å². The maximum atomic E-state index is 13.7. The predicted molar refractivity (Wildman–Crippen MR) is 85.0 cm³/mol. The third-order valence-electron chi connectivity index (χ3n) is 3.42. The van der Waals surface area contributed by atoms with E-state index < -0.39 is 18.3 Å². The lowest BCUT2D eigenvalue weighted by molar-refractivity contribution is -0.0498. The molecule has 0 unspecified atom stereocenters. The van der Waals surface area contributed by atoms with Gasteiger partial charge in [0.25, 0.3) is 5.91 Å². The average Bonchev–Trinajstić information content (AvgIpc) is 3.08. The van der Waals surface area contributed by atoms with E-state index in [1.54, 1.807) is 0 Å². The van der Waals surface area contributed by atoms with Crippen molar-refractivity contribution in [3.63, 3.8) is 0 Å². The molecule has 0 saturated heterocycles. The van der Waals surface area contributed by atoms with E-state index in [0.29, 0.717) is 5.69 Å². The first-order valence-corrected chi connectivity index (χ1v) is 7.49. The van der Waals surface area contributed by atoms with E-state index in [2.05, 4.69) is 20.3 Å². The number of amides is 1. The number of carbonyl (C=O) groups is 1. The van der Waals surface area contributed by atoms with Crippen LogP contribution in [0.15, 0.2) is 42.5 Å². The summed E-state index contributed by atoms with van der Waals surface area (Å²) < 4.78 is 49.1. The van der Waals surface area contributed by atoms with Gasteiger partial charge in [-0.1, -0.05) is 6.07 Å². The summed E-state index contributed by atoms with van der Waals surface area (Å²) in [5.74, 6) is -1.65. The van der Waals surface area contributed by atoms with Crippen molar-refractivity contribution in [1.29, 1.82) is 0 Å². The zero-order valence-corrected chi connectivity index (χ0v) is 13.6. The fourth-order valence-electron chi connectivity index (χ4n) is 2.27. The second kappa shape index (κ2) is 7.72. The molecule has 3 rings (SSSR count). The van der Waals surface area contributed by atoms with Crippen molar-refractivity contribution >= 4 is 5.91 Å². The molecule has 0 aliphatic heterocycles. The number of tetrazole rings is 1. The van der Waals surface area contributed by atoms with E-state index in [9.17, 15) is 18.0 Å². The normalized spacial score (nSPS) is 10.8. The molecule has 0 aliphatic carbocycles. The van der Waals surface area contributed by atoms with Crippen molar-refractivity contribution in [3.05, 3.63) is 59.7 Å². The Kier molecular flexibility index (Phi) is 5.20. The fourth-order valence-corrected chi connectivity index (χ4v) is 2.27. The smallest absolute Gasteiger partial charge is 0.387 e. The molecule has 0 radical (unpaired) electrons. The largest absolute Gasteiger partial charge is 0.485 e. The molecule has 1 aromatic heterocycles. The lowest BCUT2D eigenvalue weighted by Gasteiger charge is -2.10. The number of nitrogens with zero attached hydrogens (tertiary/aromatic N) is 4. The standard InChI is InChI=1S/C16H12F3N5O3/c17-11-2-1-3-12(14(11)15(20)25)26-8-13-21-22-23-24(13)9-4-6-10(7-5-9)27-16(18)19/h1-7,16H,8H2,(H2,20,25). The Balaban J connectivity index is 1.79. The summed E-state index contributed by atoms with van der Waals surface area (Å²) >= 11 is 0. The van der Waals surface area contributed by atoms with Gasteiger partial charge < -0.3 is 15.2 Å². The van der Waals surface area contributed by atoms with Crippen LogP contribution in [0, 0.1) is 5.82 Å². The molecule has 2 N–H and O–H groups in total. The monoisotopic (exact) mass is 379 g/mol. The van der Waals surface area contributed by atoms with Gasteiger partial charge in [0.2, 0.25) is 0 Å². The average molecular weight is 379 g/mol. The second-order valence-corrected chi connectivity index (χ2v) is 5.15. The third-order valence-corrected chi connectivity index (χ3v) is 3.42. The van der Waals surface area contributed by atoms with Crippen LogP contribution in [0.5, 0.6) is 11.5 Å². The Morgan fingerprint density at radius 1 is 1.19 bits per heavy atom. The van der Waals surface area contributed by atoms with Gasteiger partial charge in [-0.2, -0.15) is 13.5 Å². The summed E-state index contributed by atoms with van der Waals surface area (Å²) in [6.45, 7) is -3.13. The maximum Gasteiger partial charge on any atom is 0.387 e. The number of benzene rings is 2. The van der Waals surface area contributed by atoms with Crippen LogP contribution in [-0.4, -0.2) is 32.7 Å². The number of alkyl halides is 2. The number of rotatable bonds is 7. The molecule has 27 heavy (non-hydrogen) atoms. The van der Waals surface area contributed by atoms with Crippen LogP contribution >= 0.6 is 0 Å². The van der Waals surface area contributed by atoms with Gasteiger partial charge in [0.1, 0.15) is 29.5 Å². The summed E-state index contributed by atoms with van der Waals surface area (Å²) in [7, 11) is 0. The number of aromatic nitrogens is 4. The van der Waals surface area contributed by atoms with Crippen molar-refractivity contribution in [2.24, 2.45) is 5.73 Å². The van der Waals surface area contributed by atoms with Crippen molar-refractivity contribution in [3.8, 4) is 17.2 Å². The highest BCUT2D eigenvalue weighted by Crippen LogP contribution is 2.22. The number of hydrogen-bond donors (Lipinski definition) is 1. The second-order valence-electron chi connectivity index (χ2n) is 5.15. The summed E-state index contributed by atoms with van der Waals surface area (Å²) in [5.41, 5.74) is 5.23. The zero-order valence-electron chi connectivity index (χ0n) is 13.6. The van der Waals surface area contributed by atoms with Gasteiger partial charge in [0.05, 0.1) is 5.69 Å². The predicted octanol–water partition coefficient (Wildman–Crippen LogP) is 2.08. The van der Waals surface area contributed by atoms with Crippen LogP contribution in [0.25, 0.3) is 5.69 Å². The van der Waals surface area contributed by atoms with E-state index in [-0.39, 0.29) is 29.5 Å².